The Morgan fingerprint density at radius 2 is 2.06 bits per heavy atom. The summed E-state index contributed by atoms with van der Waals surface area (Å²) in [6.45, 7) is 7.41. The molecule has 1 aromatic rings. The average molecular weight is 233 g/mol. The molecular formula is C14H23N3. The first kappa shape index (κ1) is 12.4. The summed E-state index contributed by atoms with van der Waals surface area (Å²) in [7, 11) is 0. The summed E-state index contributed by atoms with van der Waals surface area (Å²) in [5.41, 5.74) is 7.58. The first-order valence-electron chi connectivity index (χ1n) is 6.38. The second-order valence-electron chi connectivity index (χ2n) is 6.25. The smallest absolute Gasteiger partial charge is 0.125 e. The molecule has 1 saturated carbocycles. The standard InChI is InChI=1S/C14H23N3/c1-13(2,3)11-5-6-12(16-9-11)17-10-14(15)7-4-8-14/h5-6,9H,4,7-8,10,15H2,1-3H3,(H,16,17). The van der Waals surface area contributed by atoms with Crippen LogP contribution in [0.3, 0.4) is 0 Å². The van der Waals surface area contributed by atoms with E-state index < -0.39 is 0 Å². The van der Waals surface area contributed by atoms with Crippen LogP contribution in [0.2, 0.25) is 0 Å². The highest BCUT2D eigenvalue weighted by atomic mass is 15.0. The van der Waals surface area contributed by atoms with Crippen molar-refractivity contribution in [2.75, 3.05) is 11.9 Å². The zero-order chi connectivity index (χ0) is 12.5. The fraction of sp³-hybridized carbons (Fsp3) is 0.643. The molecule has 2 rings (SSSR count). The van der Waals surface area contributed by atoms with Crippen molar-refractivity contribution in [3.63, 3.8) is 0 Å². The molecule has 0 spiro atoms. The lowest BCUT2D eigenvalue weighted by molar-refractivity contribution is 0.265. The van der Waals surface area contributed by atoms with Crippen molar-refractivity contribution < 1.29 is 0 Å². The molecule has 0 unspecified atom stereocenters. The summed E-state index contributed by atoms with van der Waals surface area (Å²) in [5, 5.41) is 3.33. The summed E-state index contributed by atoms with van der Waals surface area (Å²) in [4.78, 5) is 4.44. The number of pyridine rings is 1. The molecule has 0 aromatic carbocycles. The predicted octanol–water partition coefficient (Wildman–Crippen LogP) is 2.67. The van der Waals surface area contributed by atoms with Crippen molar-refractivity contribution in [3.05, 3.63) is 23.9 Å². The molecule has 0 bridgehead atoms. The minimum atomic E-state index is 0.00434. The highest BCUT2D eigenvalue weighted by Gasteiger charge is 2.32. The van der Waals surface area contributed by atoms with Gasteiger partial charge in [-0.2, -0.15) is 0 Å². The molecule has 1 aliphatic carbocycles. The normalized spacial score (nSPS) is 18.6. The Labute approximate surface area is 104 Å². The van der Waals surface area contributed by atoms with Gasteiger partial charge in [0, 0.05) is 18.3 Å². The molecule has 3 N–H and O–H groups in total. The van der Waals surface area contributed by atoms with Gasteiger partial charge < -0.3 is 11.1 Å². The Morgan fingerprint density at radius 3 is 2.47 bits per heavy atom. The van der Waals surface area contributed by atoms with E-state index in [1.807, 2.05) is 12.3 Å². The molecule has 0 saturated heterocycles. The van der Waals surface area contributed by atoms with Gasteiger partial charge in [0.25, 0.3) is 0 Å². The fourth-order valence-electron chi connectivity index (χ4n) is 2.02. The van der Waals surface area contributed by atoms with Crippen LogP contribution in [0.5, 0.6) is 0 Å². The Kier molecular flexibility index (Phi) is 3.13. The second-order valence-corrected chi connectivity index (χ2v) is 6.25. The summed E-state index contributed by atoms with van der Waals surface area (Å²) >= 11 is 0. The van der Waals surface area contributed by atoms with E-state index in [9.17, 15) is 0 Å². The van der Waals surface area contributed by atoms with Crippen LogP contribution in [0, 0.1) is 0 Å². The van der Waals surface area contributed by atoms with E-state index >= 15 is 0 Å². The van der Waals surface area contributed by atoms with Crippen molar-refractivity contribution in [1.82, 2.24) is 4.98 Å². The maximum Gasteiger partial charge on any atom is 0.125 e. The number of nitrogens with one attached hydrogen (secondary N) is 1. The van der Waals surface area contributed by atoms with Crippen LogP contribution >= 0.6 is 0 Å². The third-order valence-corrected chi connectivity index (χ3v) is 3.60. The Hall–Kier alpha value is -1.09. The summed E-state index contributed by atoms with van der Waals surface area (Å²) in [6.07, 6.45) is 5.46. The third kappa shape index (κ3) is 2.97. The van der Waals surface area contributed by atoms with E-state index in [2.05, 4.69) is 37.1 Å². The SMILES string of the molecule is CC(C)(C)c1ccc(NCC2(N)CCC2)nc1. The van der Waals surface area contributed by atoms with Gasteiger partial charge in [-0.1, -0.05) is 26.8 Å². The largest absolute Gasteiger partial charge is 0.368 e. The number of hydrogen-bond donors (Lipinski definition) is 2. The molecule has 1 heterocycles. The number of nitrogens with zero attached hydrogens (tertiary/aromatic N) is 1. The number of rotatable bonds is 3. The van der Waals surface area contributed by atoms with Gasteiger partial charge in [0.05, 0.1) is 0 Å². The molecule has 0 amide bonds. The van der Waals surface area contributed by atoms with E-state index in [0.717, 1.165) is 25.2 Å². The average Bonchev–Trinajstić information content (AvgIpc) is 2.23. The van der Waals surface area contributed by atoms with Crippen molar-refractivity contribution >= 4 is 5.82 Å². The Balaban J connectivity index is 1.94. The fourth-order valence-corrected chi connectivity index (χ4v) is 2.02. The molecule has 0 aliphatic heterocycles. The molecule has 17 heavy (non-hydrogen) atoms. The number of hydrogen-bond acceptors (Lipinski definition) is 3. The number of anilines is 1. The summed E-state index contributed by atoms with van der Waals surface area (Å²) in [6, 6.07) is 4.18. The van der Waals surface area contributed by atoms with E-state index in [1.54, 1.807) is 0 Å². The molecule has 94 valence electrons. The Morgan fingerprint density at radius 1 is 1.35 bits per heavy atom. The Bertz CT molecular complexity index is 371. The van der Waals surface area contributed by atoms with Crippen molar-refractivity contribution in [1.29, 1.82) is 0 Å². The molecule has 3 nitrogen and oxygen atoms in total. The van der Waals surface area contributed by atoms with E-state index in [4.69, 9.17) is 5.73 Å². The van der Waals surface area contributed by atoms with E-state index in [0.29, 0.717) is 0 Å². The van der Waals surface area contributed by atoms with Crippen LogP contribution in [0.4, 0.5) is 5.82 Å². The molecule has 1 aliphatic rings. The zero-order valence-electron chi connectivity index (χ0n) is 11.1. The lowest BCUT2D eigenvalue weighted by atomic mass is 9.78. The van der Waals surface area contributed by atoms with Crippen molar-refractivity contribution in [2.24, 2.45) is 5.73 Å². The predicted molar refractivity (Wildman–Crippen MR) is 72.2 cm³/mol. The van der Waals surface area contributed by atoms with Crippen molar-refractivity contribution in [2.45, 2.75) is 51.0 Å². The zero-order valence-corrected chi connectivity index (χ0v) is 11.1. The van der Waals surface area contributed by atoms with E-state index in [-0.39, 0.29) is 11.0 Å². The van der Waals surface area contributed by atoms with Gasteiger partial charge in [-0.3, -0.25) is 0 Å². The van der Waals surface area contributed by atoms with Gasteiger partial charge in [-0.25, -0.2) is 4.98 Å². The lowest BCUT2D eigenvalue weighted by Gasteiger charge is -2.38. The van der Waals surface area contributed by atoms with Gasteiger partial charge in [0.1, 0.15) is 5.82 Å². The maximum absolute atomic E-state index is 6.16. The highest BCUT2D eigenvalue weighted by Crippen LogP contribution is 2.29. The first-order chi connectivity index (χ1) is 7.89. The van der Waals surface area contributed by atoms with E-state index in [1.165, 1.54) is 12.0 Å². The molecule has 0 radical (unpaired) electrons. The highest BCUT2D eigenvalue weighted by molar-refractivity contribution is 5.37. The van der Waals surface area contributed by atoms with Crippen LogP contribution < -0.4 is 11.1 Å². The van der Waals surface area contributed by atoms with Gasteiger partial charge in [-0.05, 0) is 36.3 Å². The van der Waals surface area contributed by atoms with Crippen LogP contribution in [-0.4, -0.2) is 17.1 Å². The molecule has 3 heteroatoms. The number of nitrogens with two attached hydrogens (primary N) is 1. The van der Waals surface area contributed by atoms with Crippen LogP contribution in [0.25, 0.3) is 0 Å². The number of aromatic nitrogens is 1. The van der Waals surface area contributed by atoms with Crippen molar-refractivity contribution in [3.8, 4) is 0 Å². The molecule has 1 fully saturated rings. The lowest BCUT2D eigenvalue weighted by Crippen LogP contribution is -2.52. The monoisotopic (exact) mass is 233 g/mol. The van der Waals surface area contributed by atoms with Gasteiger partial charge in [0.2, 0.25) is 0 Å². The van der Waals surface area contributed by atoms with Gasteiger partial charge >= 0.3 is 0 Å². The summed E-state index contributed by atoms with van der Waals surface area (Å²) < 4.78 is 0. The van der Waals surface area contributed by atoms with Crippen LogP contribution in [0.1, 0.15) is 45.6 Å². The first-order valence-corrected chi connectivity index (χ1v) is 6.38. The minimum absolute atomic E-state index is 0.00434. The quantitative estimate of drug-likeness (QED) is 0.844. The molecular weight excluding hydrogens is 210 g/mol. The minimum Gasteiger partial charge on any atom is -0.368 e. The third-order valence-electron chi connectivity index (χ3n) is 3.60. The maximum atomic E-state index is 6.16. The van der Waals surface area contributed by atoms with Crippen LogP contribution in [0.15, 0.2) is 18.3 Å². The molecule has 0 atom stereocenters. The second kappa shape index (κ2) is 4.30. The van der Waals surface area contributed by atoms with Crippen LogP contribution in [-0.2, 0) is 5.41 Å². The topological polar surface area (TPSA) is 50.9 Å². The molecule has 1 aromatic heterocycles. The van der Waals surface area contributed by atoms with Gasteiger partial charge in [-0.15, -0.1) is 0 Å². The van der Waals surface area contributed by atoms with Gasteiger partial charge in [0.15, 0.2) is 0 Å². The summed E-state index contributed by atoms with van der Waals surface area (Å²) in [5.74, 6) is 0.926.